The van der Waals surface area contributed by atoms with Gasteiger partial charge in [-0.15, -0.1) is 0 Å². The lowest BCUT2D eigenvalue weighted by Gasteiger charge is -2.45. The standard InChI is InChI=1S/C48H70O26S2/c1-19(49)57-29-27(65-41(37(61-23(5)53)33(29)59-21(3)51)55-15-25-31-35(69-45(7,8)67-31)39-43(63-25)73-47(11,12)71-39)17-75-76-18-28-30(58-20(2)50)34(60-22(4)52)38(62-24(6)54)42(66-28)56-16-26-32-36(70-46(9,10)68-32)40-44(64-26)74-48(13,14)72-40/h25-44H,15-18H2,1-14H3/t25-,26-,27-,28-,29-,30-,31+,32+,33+,34+,35+,36+,37-,38-,39-,40-,41-,42-,43-,44-/m1/s1. The fourth-order valence-electron chi connectivity index (χ4n) is 10.5. The van der Waals surface area contributed by atoms with Gasteiger partial charge >= 0.3 is 35.8 Å². The van der Waals surface area contributed by atoms with E-state index in [2.05, 4.69) is 0 Å². The van der Waals surface area contributed by atoms with Gasteiger partial charge in [0, 0.05) is 53.0 Å². The first-order chi connectivity index (χ1) is 35.5. The van der Waals surface area contributed by atoms with Gasteiger partial charge in [-0.05, 0) is 55.4 Å². The van der Waals surface area contributed by atoms with Crippen LogP contribution in [0.4, 0.5) is 0 Å². The van der Waals surface area contributed by atoms with E-state index in [9.17, 15) is 28.8 Å². The Labute approximate surface area is 447 Å². The molecule has 26 nitrogen and oxygen atoms in total. The van der Waals surface area contributed by atoms with E-state index in [1.165, 1.54) is 21.6 Å². The van der Waals surface area contributed by atoms with Crippen molar-refractivity contribution in [2.24, 2.45) is 0 Å². The summed E-state index contributed by atoms with van der Waals surface area (Å²) in [6.07, 6.45) is -21.1. The van der Waals surface area contributed by atoms with Crippen molar-refractivity contribution >= 4 is 57.4 Å². The predicted molar refractivity (Wildman–Crippen MR) is 253 cm³/mol. The molecule has 0 radical (unpaired) electrons. The Balaban J connectivity index is 1.01. The van der Waals surface area contributed by atoms with E-state index >= 15 is 0 Å². The summed E-state index contributed by atoms with van der Waals surface area (Å²) in [6.45, 7) is 20.3. The maximum Gasteiger partial charge on any atom is 0.303 e. The molecule has 430 valence electrons. The highest BCUT2D eigenvalue weighted by molar-refractivity contribution is 8.76. The van der Waals surface area contributed by atoms with Crippen molar-refractivity contribution in [3.8, 4) is 0 Å². The molecular weight excluding hydrogens is 1060 g/mol. The van der Waals surface area contributed by atoms with Crippen LogP contribution in [0.25, 0.3) is 0 Å². The quantitative estimate of drug-likeness (QED) is 0.0873. The number of fused-ring (bicyclic) bond motifs is 6. The SMILES string of the molecule is CC(=O)O[C@@H]1[C@@H](OC(C)=O)[C@H](OC[C@H]2O[C@@H]3OC(C)(C)O[C@@H]3[C@H]3OC(C)(C)O[C@H]32)O[C@H](CSSC[C@H]2O[C@@H](OC[C@H]3O[C@@H]4OC(C)(C)O[C@@H]4[C@H]4OC(C)(C)O[C@H]43)[C@H](OC(C)=O)[C@@H](OC(C)=O)[C@@H]2OC(C)=O)[C@H]1OC(C)=O. The van der Waals surface area contributed by atoms with Gasteiger partial charge in [-0.25, -0.2) is 0 Å². The molecule has 0 amide bonds. The van der Waals surface area contributed by atoms with Crippen molar-refractivity contribution in [3.63, 3.8) is 0 Å². The molecule has 8 saturated heterocycles. The van der Waals surface area contributed by atoms with Crippen LogP contribution in [-0.2, 0) is 124 Å². The van der Waals surface area contributed by atoms with Crippen LogP contribution in [0, 0.1) is 0 Å². The Bertz CT molecular complexity index is 2000. The van der Waals surface area contributed by atoms with E-state index in [1.54, 1.807) is 55.4 Å². The van der Waals surface area contributed by atoms with Crippen molar-refractivity contribution in [2.75, 3.05) is 24.7 Å². The van der Waals surface area contributed by atoms with E-state index in [4.69, 9.17) is 94.7 Å². The topological polar surface area (TPSA) is 287 Å². The number of carbonyl (C=O) groups excluding carboxylic acids is 6. The van der Waals surface area contributed by atoms with Gasteiger partial charge in [0.2, 0.25) is 0 Å². The highest BCUT2D eigenvalue weighted by atomic mass is 33.1. The van der Waals surface area contributed by atoms with Gasteiger partial charge in [0.25, 0.3) is 0 Å². The first-order valence-electron chi connectivity index (χ1n) is 25.0. The summed E-state index contributed by atoms with van der Waals surface area (Å²) >= 11 is 0. The monoisotopic (exact) mass is 1130 g/mol. The Morgan fingerprint density at radius 3 is 0.947 bits per heavy atom. The third-order valence-electron chi connectivity index (χ3n) is 12.9. The predicted octanol–water partition coefficient (Wildman–Crippen LogP) is 2.23. The van der Waals surface area contributed by atoms with Crippen LogP contribution in [0.1, 0.15) is 96.9 Å². The van der Waals surface area contributed by atoms with Gasteiger partial charge in [-0.2, -0.15) is 0 Å². The zero-order valence-electron chi connectivity index (χ0n) is 44.8. The summed E-state index contributed by atoms with van der Waals surface area (Å²) in [7, 11) is 2.34. The van der Waals surface area contributed by atoms with Crippen LogP contribution in [0.15, 0.2) is 0 Å². The normalized spacial score (nSPS) is 41.3. The minimum absolute atomic E-state index is 0.0219. The van der Waals surface area contributed by atoms with Crippen LogP contribution in [-0.4, -0.2) is 207 Å². The minimum atomic E-state index is -1.47. The molecule has 8 rings (SSSR count). The number of rotatable bonds is 17. The maximum atomic E-state index is 12.7. The summed E-state index contributed by atoms with van der Waals surface area (Å²) in [5.41, 5.74) is 0. The molecule has 0 aromatic carbocycles. The van der Waals surface area contributed by atoms with E-state index in [-0.39, 0.29) is 24.7 Å². The molecule has 0 aromatic heterocycles. The molecule has 28 heteroatoms. The first-order valence-corrected chi connectivity index (χ1v) is 27.5. The molecule has 0 aliphatic carbocycles. The Morgan fingerprint density at radius 2 is 0.618 bits per heavy atom. The van der Waals surface area contributed by atoms with Gasteiger partial charge in [-0.3, -0.25) is 28.8 Å². The van der Waals surface area contributed by atoms with Crippen LogP contribution >= 0.6 is 21.6 Å². The Morgan fingerprint density at radius 1 is 0.342 bits per heavy atom. The van der Waals surface area contributed by atoms with Crippen LogP contribution in [0.3, 0.4) is 0 Å². The zero-order chi connectivity index (χ0) is 55.4. The lowest BCUT2D eigenvalue weighted by molar-refractivity contribution is -0.313. The van der Waals surface area contributed by atoms with Crippen LogP contribution < -0.4 is 0 Å². The molecule has 0 bridgehead atoms. The molecule has 0 unspecified atom stereocenters. The van der Waals surface area contributed by atoms with Gasteiger partial charge < -0.3 is 94.7 Å². The molecule has 8 fully saturated rings. The largest absolute Gasteiger partial charge is 0.456 e. The summed E-state index contributed by atoms with van der Waals surface area (Å²) in [5, 5.41) is 0. The van der Waals surface area contributed by atoms with Gasteiger partial charge in [0.15, 0.2) is 84.9 Å². The minimum Gasteiger partial charge on any atom is -0.456 e. The molecule has 20 atom stereocenters. The second-order valence-electron chi connectivity index (χ2n) is 21.2. The fourth-order valence-corrected chi connectivity index (χ4v) is 12.9. The lowest BCUT2D eigenvalue weighted by atomic mass is 9.98. The number of esters is 6. The van der Waals surface area contributed by atoms with Gasteiger partial charge in [-0.1, -0.05) is 21.6 Å². The Kier molecular flexibility index (Phi) is 18.0. The number of hydrogen-bond donors (Lipinski definition) is 0. The van der Waals surface area contributed by atoms with Crippen molar-refractivity contribution in [3.05, 3.63) is 0 Å². The third kappa shape index (κ3) is 13.9. The summed E-state index contributed by atoms with van der Waals surface area (Å²) in [5.74, 6) is -8.81. The fraction of sp³-hybridized carbons (Fsp3) is 0.875. The average Bonchev–Trinajstić information content (AvgIpc) is 3.99. The number of hydrogen-bond acceptors (Lipinski definition) is 28. The van der Waals surface area contributed by atoms with E-state index in [0.29, 0.717) is 0 Å². The summed E-state index contributed by atoms with van der Waals surface area (Å²) in [6, 6.07) is 0. The second-order valence-corrected chi connectivity index (χ2v) is 23.7. The molecule has 0 aromatic rings. The summed E-state index contributed by atoms with van der Waals surface area (Å²) < 4.78 is 122. The summed E-state index contributed by atoms with van der Waals surface area (Å²) in [4.78, 5) is 76.3. The van der Waals surface area contributed by atoms with E-state index in [1.807, 2.05) is 0 Å². The average molecular weight is 1130 g/mol. The molecule has 8 aliphatic rings. The molecule has 0 spiro atoms. The van der Waals surface area contributed by atoms with E-state index in [0.717, 1.165) is 41.5 Å². The molecule has 0 saturated carbocycles. The second kappa shape index (κ2) is 23.2. The van der Waals surface area contributed by atoms with Crippen LogP contribution in [0.5, 0.6) is 0 Å². The smallest absolute Gasteiger partial charge is 0.303 e. The van der Waals surface area contributed by atoms with Crippen molar-refractivity contribution < 1.29 is 124 Å². The Hall–Kier alpha value is -3.04. The maximum absolute atomic E-state index is 12.7. The first kappa shape index (κ1) is 59.1. The van der Waals surface area contributed by atoms with Crippen LogP contribution in [0.2, 0.25) is 0 Å². The molecular formula is C48H70O26S2. The highest BCUT2D eigenvalue weighted by Gasteiger charge is 2.63. The van der Waals surface area contributed by atoms with Gasteiger partial charge in [0.1, 0.15) is 61.0 Å². The number of ether oxygens (including phenoxy) is 20. The van der Waals surface area contributed by atoms with Gasteiger partial charge in [0.05, 0.1) is 13.2 Å². The van der Waals surface area contributed by atoms with Crippen molar-refractivity contribution in [2.45, 2.75) is 243 Å². The van der Waals surface area contributed by atoms with E-state index < -0.39 is 182 Å². The zero-order valence-corrected chi connectivity index (χ0v) is 46.4. The molecule has 8 aliphatic heterocycles. The molecule has 0 N–H and O–H groups in total. The van der Waals surface area contributed by atoms with Crippen molar-refractivity contribution in [1.82, 2.24) is 0 Å². The third-order valence-corrected chi connectivity index (χ3v) is 15.3. The molecule has 8 heterocycles. The number of carbonyl (C=O) groups is 6. The van der Waals surface area contributed by atoms with Crippen molar-refractivity contribution in [1.29, 1.82) is 0 Å². The highest BCUT2D eigenvalue weighted by Crippen LogP contribution is 2.47. The lowest BCUT2D eigenvalue weighted by Crippen LogP contribution is -2.63. The molecule has 76 heavy (non-hydrogen) atoms.